The van der Waals surface area contributed by atoms with Crippen molar-refractivity contribution in [2.45, 2.75) is 0 Å². The lowest BCUT2D eigenvalue weighted by Crippen LogP contribution is -1.95. The summed E-state index contributed by atoms with van der Waals surface area (Å²) in [6.07, 6.45) is 2.96. The molecule has 2 heterocycles. The van der Waals surface area contributed by atoms with Gasteiger partial charge in [-0.2, -0.15) is 0 Å². The van der Waals surface area contributed by atoms with Gasteiger partial charge in [-0.3, -0.25) is 0 Å². The highest BCUT2D eigenvalue weighted by molar-refractivity contribution is 5.91. The minimum Gasteiger partial charge on any atom is -0.352 e. The maximum Gasteiger partial charge on any atom is 0.165 e. The van der Waals surface area contributed by atoms with Gasteiger partial charge in [0.25, 0.3) is 0 Å². The molecule has 3 aromatic rings. The SMILES string of the molecule is Fc1cnc2[nH]ccc2c1Nc1ccccc1. The number of benzene rings is 1. The van der Waals surface area contributed by atoms with E-state index in [0.717, 1.165) is 11.1 Å². The topological polar surface area (TPSA) is 40.7 Å². The summed E-state index contributed by atoms with van der Waals surface area (Å²) in [6, 6.07) is 11.3. The third-order valence-electron chi connectivity index (χ3n) is 2.58. The van der Waals surface area contributed by atoms with Gasteiger partial charge in [-0.05, 0) is 18.2 Å². The molecule has 0 bridgehead atoms. The van der Waals surface area contributed by atoms with E-state index in [1.807, 2.05) is 30.3 Å². The zero-order valence-electron chi connectivity index (χ0n) is 8.94. The van der Waals surface area contributed by atoms with Crippen LogP contribution in [0.15, 0.2) is 48.8 Å². The molecular weight excluding hydrogens is 217 g/mol. The molecule has 0 amide bonds. The summed E-state index contributed by atoms with van der Waals surface area (Å²) < 4.78 is 13.7. The number of anilines is 2. The fraction of sp³-hybridized carbons (Fsp3) is 0. The third kappa shape index (κ3) is 1.73. The van der Waals surface area contributed by atoms with Crippen molar-refractivity contribution in [3.05, 3.63) is 54.6 Å². The average Bonchev–Trinajstić information content (AvgIpc) is 2.83. The van der Waals surface area contributed by atoms with E-state index in [4.69, 9.17) is 0 Å². The van der Waals surface area contributed by atoms with Gasteiger partial charge in [0.15, 0.2) is 5.82 Å². The second-order valence-corrected chi connectivity index (χ2v) is 3.71. The second kappa shape index (κ2) is 3.90. The van der Waals surface area contributed by atoms with Gasteiger partial charge in [-0.15, -0.1) is 0 Å². The molecule has 0 radical (unpaired) electrons. The van der Waals surface area contributed by atoms with Crippen molar-refractivity contribution in [2.75, 3.05) is 5.32 Å². The van der Waals surface area contributed by atoms with Crippen molar-refractivity contribution >= 4 is 22.4 Å². The van der Waals surface area contributed by atoms with Gasteiger partial charge in [-0.25, -0.2) is 9.37 Å². The van der Waals surface area contributed by atoms with Gasteiger partial charge in [-0.1, -0.05) is 18.2 Å². The zero-order chi connectivity index (χ0) is 11.7. The first kappa shape index (κ1) is 9.84. The van der Waals surface area contributed by atoms with Gasteiger partial charge < -0.3 is 10.3 Å². The Morgan fingerprint density at radius 1 is 1.12 bits per heavy atom. The van der Waals surface area contributed by atoms with Crippen LogP contribution in [0.1, 0.15) is 0 Å². The van der Waals surface area contributed by atoms with Gasteiger partial charge in [0.1, 0.15) is 5.65 Å². The molecule has 0 spiro atoms. The van der Waals surface area contributed by atoms with Crippen molar-refractivity contribution in [3.8, 4) is 0 Å². The number of aromatic amines is 1. The van der Waals surface area contributed by atoms with Crippen LogP contribution in [0.25, 0.3) is 11.0 Å². The highest BCUT2D eigenvalue weighted by Gasteiger charge is 2.09. The number of H-pyrrole nitrogens is 1. The number of halogens is 1. The van der Waals surface area contributed by atoms with Gasteiger partial charge >= 0.3 is 0 Å². The molecule has 0 unspecified atom stereocenters. The normalized spacial score (nSPS) is 10.6. The Morgan fingerprint density at radius 3 is 2.76 bits per heavy atom. The Morgan fingerprint density at radius 2 is 1.94 bits per heavy atom. The van der Waals surface area contributed by atoms with E-state index < -0.39 is 0 Å². The van der Waals surface area contributed by atoms with E-state index in [1.54, 1.807) is 12.3 Å². The third-order valence-corrected chi connectivity index (χ3v) is 2.58. The minimum atomic E-state index is -0.360. The van der Waals surface area contributed by atoms with Gasteiger partial charge in [0, 0.05) is 17.3 Å². The molecule has 84 valence electrons. The molecule has 0 atom stereocenters. The van der Waals surface area contributed by atoms with Crippen molar-refractivity contribution < 1.29 is 4.39 Å². The lowest BCUT2D eigenvalue weighted by Gasteiger charge is -2.08. The zero-order valence-corrected chi connectivity index (χ0v) is 8.94. The number of pyridine rings is 1. The summed E-state index contributed by atoms with van der Waals surface area (Å²) in [7, 11) is 0. The van der Waals surface area contributed by atoms with Crippen LogP contribution >= 0.6 is 0 Å². The molecule has 0 fully saturated rings. The summed E-state index contributed by atoms with van der Waals surface area (Å²) in [5.74, 6) is -0.360. The Kier molecular flexibility index (Phi) is 2.26. The van der Waals surface area contributed by atoms with E-state index in [0.29, 0.717) is 11.3 Å². The van der Waals surface area contributed by atoms with Crippen LogP contribution in [-0.4, -0.2) is 9.97 Å². The first-order valence-electron chi connectivity index (χ1n) is 5.28. The summed E-state index contributed by atoms with van der Waals surface area (Å²) in [6.45, 7) is 0. The minimum absolute atomic E-state index is 0.360. The standard InChI is InChI=1S/C13H10FN3/c14-11-8-16-13-10(6-7-15-13)12(11)17-9-4-2-1-3-5-9/h1-8H,(H2,15,16,17). The first-order chi connectivity index (χ1) is 8.34. The fourth-order valence-electron chi connectivity index (χ4n) is 1.78. The van der Waals surface area contributed by atoms with Crippen molar-refractivity contribution in [3.63, 3.8) is 0 Å². The molecule has 3 rings (SSSR count). The maximum atomic E-state index is 13.7. The van der Waals surface area contributed by atoms with Crippen molar-refractivity contribution in [1.82, 2.24) is 9.97 Å². The van der Waals surface area contributed by atoms with Crippen LogP contribution in [0.5, 0.6) is 0 Å². The van der Waals surface area contributed by atoms with E-state index >= 15 is 0 Å². The Labute approximate surface area is 97.3 Å². The van der Waals surface area contributed by atoms with Crippen LogP contribution in [0.2, 0.25) is 0 Å². The number of para-hydroxylation sites is 1. The second-order valence-electron chi connectivity index (χ2n) is 3.71. The Hall–Kier alpha value is -2.36. The molecule has 0 saturated heterocycles. The van der Waals surface area contributed by atoms with E-state index in [-0.39, 0.29) is 5.82 Å². The lowest BCUT2D eigenvalue weighted by atomic mass is 10.2. The molecule has 0 aliphatic carbocycles. The molecule has 17 heavy (non-hydrogen) atoms. The number of nitrogens with one attached hydrogen (secondary N) is 2. The summed E-state index contributed by atoms with van der Waals surface area (Å²) >= 11 is 0. The van der Waals surface area contributed by atoms with Gasteiger partial charge in [0.2, 0.25) is 0 Å². The highest BCUT2D eigenvalue weighted by Crippen LogP contribution is 2.27. The highest BCUT2D eigenvalue weighted by atomic mass is 19.1. The number of aromatic nitrogens is 2. The molecule has 3 nitrogen and oxygen atoms in total. The number of rotatable bonds is 2. The summed E-state index contributed by atoms with van der Waals surface area (Å²) in [5.41, 5.74) is 1.97. The lowest BCUT2D eigenvalue weighted by molar-refractivity contribution is 0.628. The van der Waals surface area contributed by atoms with E-state index in [2.05, 4.69) is 15.3 Å². The molecule has 2 N–H and O–H groups in total. The molecule has 0 saturated carbocycles. The molecule has 0 aliphatic heterocycles. The van der Waals surface area contributed by atoms with Crippen molar-refractivity contribution in [1.29, 1.82) is 0 Å². The van der Waals surface area contributed by atoms with Crippen LogP contribution in [0, 0.1) is 5.82 Å². The number of nitrogens with zero attached hydrogens (tertiary/aromatic N) is 1. The number of hydrogen-bond acceptors (Lipinski definition) is 2. The molecule has 0 aliphatic rings. The van der Waals surface area contributed by atoms with Crippen molar-refractivity contribution in [2.24, 2.45) is 0 Å². The number of fused-ring (bicyclic) bond motifs is 1. The first-order valence-corrected chi connectivity index (χ1v) is 5.28. The van der Waals surface area contributed by atoms with Crippen LogP contribution < -0.4 is 5.32 Å². The monoisotopic (exact) mass is 227 g/mol. The average molecular weight is 227 g/mol. The predicted octanol–water partition coefficient (Wildman–Crippen LogP) is 3.45. The van der Waals surface area contributed by atoms with Crippen LogP contribution in [-0.2, 0) is 0 Å². The van der Waals surface area contributed by atoms with E-state index in [1.165, 1.54) is 6.20 Å². The molecular formula is C13H10FN3. The van der Waals surface area contributed by atoms with E-state index in [9.17, 15) is 4.39 Å². The Balaban J connectivity index is 2.10. The van der Waals surface area contributed by atoms with Crippen LogP contribution in [0.4, 0.5) is 15.8 Å². The van der Waals surface area contributed by atoms with Crippen LogP contribution in [0.3, 0.4) is 0 Å². The molecule has 4 heteroatoms. The maximum absolute atomic E-state index is 13.7. The predicted molar refractivity (Wildman–Crippen MR) is 65.8 cm³/mol. The summed E-state index contributed by atoms with van der Waals surface area (Å²) in [4.78, 5) is 6.93. The number of hydrogen-bond donors (Lipinski definition) is 2. The summed E-state index contributed by atoms with van der Waals surface area (Å²) in [5, 5.41) is 3.81. The quantitative estimate of drug-likeness (QED) is 0.704. The smallest absolute Gasteiger partial charge is 0.165 e. The molecule has 2 aromatic heterocycles. The van der Waals surface area contributed by atoms with Gasteiger partial charge in [0.05, 0.1) is 11.9 Å². The molecule has 1 aromatic carbocycles. The largest absolute Gasteiger partial charge is 0.352 e. The Bertz CT molecular complexity index is 646. The fourth-order valence-corrected chi connectivity index (χ4v) is 1.78.